The van der Waals surface area contributed by atoms with Crippen molar-refractivity contribution in [1.29, 1.82) is 5.26 Å². The van der Waals surface area contributed by atoms with E-state index in [-0.39, 0.29) is 39.6 Å². The molecule has 2 saturated heterocycles. The number of nitriles is 1. The van der Waals surface area contributed by atoms with Crippen LogP contribution in [-0.4, -0.2) is 84.0 Å². The van der Waals surface area contributed by atoms with Crippen molar-refractivity contribution in [2.75, 3.05) is 42.3 Å². The maximum atomic E-state index is 13.0. The molecule has 2 fully saturated rings. The minimum atomic E-state index is -3.31. The fourth-order valence-corrected chi connectivity index (χ4v) is 6.90. The maximum absolute atomic E-state index is 13.0. The predicted octanol–water partition coefficient (Wildman–Crippen LogP) is 1.95. The summed E-state index contributed by atoms with van der Waals surface area (Å²) in [6.45, 7) is 9.86. The van der Waals surface area contributed by atoms with Crippen molar-refractivity contribution >= 4 is 33.1 Å². The third-order valence-electron chi connectivity index (χ3n) is 7.68. The summed E-state index contributed by atoms with van der Waals surface area (Å²) in [5.41, 5.74) is 1.69. The van der Waals surface area contributed by atoms with Gasteiger partial charge in [-0.3, -0.25) is 9.50 Å². The largest absolute Gasteiger partial charge is 0.494 e. The van der Waals surface area contributed by atoms with Gasteiger partial charge in [0, 0.05) is 48.8 Å². The van der Waals surface area contributed by atoms with E-state index in [1.165, 1.54) is 7.11 Å². The molecule has 2 aromatic rings. The zero-order valence-corrected chi connectivity index (χ0v) is 22.9. The van der Waals surface area contributed by atoms with E-state index in [2.05, 4.69) is 33.6 Å². The van der Waals surface area contributed by atoms with Crippen LogP contribution in [0.25, 0.3) is 0 Å². The standard InChI is InChI=1S/C25H31N7O4S.FH/c1-15-12-31(24(33)20-6-7-37(20,34)35)16(2)11-30(15)22-21-23(29-14-28-22)32(13-25(21,3)4)17-8-19(36-5)18(9-26)27-10-17;/h8,10,14-16,20H,6-7,11-13H2,1-5H3;1H/t15?,16-,20?;/m1./s1. The van der Waals surface area contributed by atoms with Crippen LogP contribution in [0.1, 0.15) is 45.4 Å². The molecule has 1 amide bonds. The highest BCUT2D eigenvalue weighted by atomic mass is 32.2. The lowest BCUT2D eigenvalue weighted by atomic mass is 9.87. The molecule has 0 saturated carbocycles. The number of carbonyl (C=O) groups excluding carboxylic acids is 1. The van der Waals surface area contributed by atoms with Crippen molar-refractivity contribution in [2.24, 2.45) is 0 Å². The topological polar surface area (TPSA) is 133 Å². The van der Waals surface area contributed by atoms with Gasteiger partial charge < -0.3 is 19.4 Å². The van der Waals surface area contributed by atoms with E-state index in [4.69, 9.17) is 9.72 Å². The number of hydrogen-bond acceptors (Lipinski definition) is 10. The number of aromatic nitrogens is 3. The average Bonchev–Trinajstić information content (AvgIpc) is 3.15. The number of nitrogens with zero attached hydrogens (tertiary/aromatic N) is 7. The van der Waals surface area contributed by atoms with Gasteiger partial charge in [0.1, 0.15) is 29.3 Å². The predicted molar refractivity (Wildman–Crippen MR) is 140 cm³/mol. The Hall–Kier alpha value is -3.53. The van der Waals surface area contributed by atoms with Crippen LogP contribution < -0.4 is 14.5 Å². The van der Waals surface area contributed by atoms with E-state index in [1.54, 1.807) is 23.5 Å². The van der Waals surface area contributed by atoms with Gasteiger partial charge in [0.05, 0.1) is 24.7 Å². The van der Waals surface area contributed by atoms with Gasteiger partial charge in [0.15, 0.2) is 21.3 Å². The number of sulfone groups is 1. The molecule has 0 radical (unpaired) electrons. The lowest BCUT2D eigenvalue weighted by Crippen LogP contribution is -2.62. The number of anilines is 3. The highest BCUT2D eigenvalue weighted by molar-refractivity contribution is 7.94. The molecule has 5 heterocycles. The summed E-state index contributed by atoms with van der Waals surface area (Å²) in [5, 5.41) is 8.41. The number of carbonyl (C=O) groups is 1. The van der Waals surface area contributed by atoms with Gasteiger partial charge in [0.2, 0.25) is 5.91 Å². The first-order valence-electron chi connectivity index (χ1n) is 12.3. The molecule has 0 aliphatic carbocycles. The summed E-state index contributed by atoms with van der Waals surface area (Å²) in [4.78, 5) is 32.6. The zero-order chi connectivity index (χ0) is 26.7. The first-order chi connectivity index (χ1) is 17.5. The molecule has 38 heavy (non-hydrogen) atoms. The Morgan fingerprint density at radius 2 is 1.87 bits per heavy atom. The van der Waals surface area contributed by atoms with E-state index in [0.717, 1.165) is 22.9 Å². The second-order valence-electron chi connectivity index (χ2n) is 10.7. The van der Waals surface area contributed by atoms with Crippen molar-refractivity contribution in [3.05, 3.63) is 29.8 Å². The molecule has 0 N–H and O–H groups in total. The molecular weight excluding hydrogens is 513 g/mol. The van der Waals surface area contributed by atoms with Crippen LogP contribution in [0.4, 0.5) is 22.0 Å². The monoisotopic (exact) mass is 545 g/mol. The summed E-state index contributed by atoms with van der Waals surface area (Å²) in [6, 6.07) is 3.60. The van der Waals surface area contributed by atoms with Gasteiger partial charge >= 0.3 is 0 Å². The van der Waals surface area contributed by atoms with Crippen LogP contribution in [0, 0.1) is 11.3 Å². The van der Waals surface area contributed by atoms with Crippen molar-refractivity contribution in [3.8, 4) is 11.8 Å². The van der Waals surface area contributed by atoms with Crippen LogP contribution in [0.3, 0.4) is 0 Å². The second kappa shape index (κ2) is 9.65. The molecule has 3 aliphatic rings. The van der Waals surface area contributed by atoms with Crippen LogP contribution >= 0.6 is 0 Å². The Bertz CT molecular complexity index is 1410. The van der Waals surface area contributed by atoms with E-state index in [9.17, 15) is 18.5 Å². The summed E-state index contributed by atoms with van der Waals surface area (Å²) >= 11 is 0. The van der Waals surface area contributed by atoms with Gasteiger partial charge in [-0.05, 0) is 20.3 Å². The molecule has 3 atom stereocenters. The van der Waals surface area contributed by atoms with E-state index in [0.29, 0.717) is 31.8 Å². The molecule has 5 rings (SSSR count). The number of halogens is 1. The summed E-state index contributed by atoms with van der Waals surface area (Å²) < 4.78 is 29.6. The Kier molecular flexibility index (Phi) is 6.98. The second-order valence-corrected chi connectivity index (χ2v) is 13.0. The Morgan fingerprint density at radius 1 is 1.16 bits per heavy atom. The Morgan fingerprint density at radius 3 is 2.47 bits per heavy atom. The summed E-state index contributed by atoms with van der Waals surface area (Å²) in [5.74, 6) is 1.78. The third kappa shape index (κ3) is 4.30. The van der Waals surface area contributed by atoms with Gasteiger partial charge in [-0.25, -0.2) is 23.4 Å². The molecule has 2 unspecified atom stereocenters. The van der Waals surface area contributed by atoms with Gasteiger partial charge in [-0.15, -0.1) is 0 Å². The Balaban J connectivity index is 0.00000336. The fourth-order valence-electron chi connectivity index (χ4n) is 5.60. The van der Waals surface area contributed by atoms with Crippen LogP contribution in [0.15, 0.2) is 18.6 Å². The number of hydrogen-bond donors (Lipinski definition) is 0. The van der Waals surface area contributed by atoms with Crippen LogP contribution in [0.2, 0.25) is 0 Å². The average molecular weight is 546 g/mol. The number of amides is 1. The summed E-state index contributed by atoms with van der Waals surface area (Å²) in [6.07, 6.45) is 3.60. The maximum Gasteiger partial charge on any atom is 0.241 e. The molecule has 0 spiro atoms. The first-order valence-corrected chi connectivity index (χ1v) is 14.1. The highest BCUT2D eigenvalue weighted by Crippen LogP contribution is 2.47. The summed E-state index contributed by atoms with van der Waals surface area (Å²) in [7, 11) is -1.79. The van der Waals surface area contributed by atoms with E-state index < -0.39 is 15.1 Å². The molecule has 11 nitrogen and oxygen atoms in total. The Labute approximate surface area is 221 Å². The molecule has 13 heteroatoms. The SMILES string of the molecule is COc1cc(N2CC(C)(C)c3c2ncnc3N2C[C@@H](C)N(C(=O)C3CCS3(=O)=O)CC2C)cnc1C#N.F. The number of fused-ring (bicyclic) bond motifs is 1. The van der Waals surface area contributed by atoms with Crippen molar-refractivity contribution in [1.82, 2.24) is 19.9 Å². The quantitative estimate of drug-likeness (QED) is 0.561. The smallest absolute Gasteiger partial charge is 0.241 e. The molecular formula is C25H32FN7O4S. The van der Waals surface area contributed by atoms with Gasteiger partial charge in [-0.1, -0.05) is 13.8 Å². The lowest BCUT2D eigenvalue weighted by Gasteiger charge is -2.47. The molecule has 2 aromatic heterocycles. The molecule has 0 aromatic carbocycles. The van der Waals surface area contributed by atoms with Gasteiger partial charge in [0.25, 0.3) is 0 Å². The molecule has 204 valence electrons. The number of rotatable bonds is 4. The van der Waals surface area contributed by atoms with Crippen molar-refractivity contribution < 1.29 is 22.7 Å². The number of piperazine rings is 1. The van der Waals surface area contributed by atoms with E-state index >= 15 is 0 Å². The number of methoxy groups -OCH3 is 1. The van der Waals surface area contributed by atoms with E-state index in [1.807, 2.05) is 19.9 Å². The first kappa shape index (κ1) is 27.5. The lowest BCUT2D eigenvalue weighted by molar-refractivity contribution is -0.134. The van der Waals surface area contributed by atoms with Gasteiger partial charge in [-0.2, -0.15) is 5.26 Å². The third-order valence-corrected chi connectivity index (χ3v) is 9.79. The molecule has 0 bridgehead atoms. The fraction of sp³-hybridized carbons (Fsp3) is 0.560. The zero-order valence-electron chi connectivity index (χ0n) is 22.1. The normalized spacial score (nSPS) is 25.1. The number of ether oxygens (including phenoxy) is 1. The van der Waals surface area contributed by atoms with Crippen LogP contribution in [0.5, 0.6) is 5.75 Å². The minimum absolute atomic E-state index is 0. The minimum Gasteiger partial charge on any atom is -0.494 e. The number of pyridine rings is 1. The van der Waals surface area contributed by atoms with Crippen molar-refractivity contribution in [3.63, 3.8) is 0 Å². The van der Waals surface area contributed by atoms with Crippen molar-refractivity contribution in [2.45, 2.75) is 56.9 Å². The van der Waals surface area contributed by atoms with Crippen LogP contribution in [-0.2, 0) is 20.0 Å². The highest BCUT2D eigenvalue weighted by Gasteiger charge is 2.47. The molecule has 3 aliphatic heterocycles.